The third-order valence-corrected chi connectivity index (χ3v) is 4.52. The zero-order chi connectivity index (χ0) is 25.3. The van der Waals surface area contributed by atoms with Gasteiger partial charge in [-0.25, -0.2) is 4.79 Å². The Morgan fingerprint density at radius 3 is 1.85 bits per heavy atom. The monoisotopic (exact) mass is 468 g/mol. The SMILES string of the molecule is COC(=O)C(=O)N[C@H](C(=O)N[C@@H](C(=O)N[C@H](Cc1ccc(O)cc1)C(N)=O)[C@@H](C)O)[C@@H](C)O. The van der Waals surface area contributed by atoms with E-state index in [1.807, 2.05) is 5.32 Å². The van der Waals surface area contributed by atoms with Crippen LogP contribution >= 0.6 is 0 Å². The molecule has 0 saturated carbocycles. The first kappa shape index (κ1) is 27.3. The number of primary amides is 1. The van der Waals surface area contributed by atoms with Crippen LogP contribution in [0.25, 0.3) is 0 Å². The Morgan fingerprint density at radius 2 is 1.39 bits per heavy atom. The van der Waals surface area contributed by atoms with Gasteiger partial charge in [-0.15, -0.1) is 0 Å². The van der Waals surface area contributed by atoms with Crippen LogP contribution < -0.4 is 21.7 Å². The van der Waals surface area contributed by atoms with Crippen molar-refractivity contribution in [3.05, 3.63) is 29.8 Å². The van der Waals surface area contributed by atoms with E-state index in [1.54, 1.807) is 0 Å². The number of ether oxygens (including phenoxy) is 1. The molecule has 0 radical (unpaired) electrons. The molecule has 0 aliphatic heterocycles. The normalized spacial score (nSPS) is 15.2. The van der Waals surface area contributed by atoms with E-state index < -0.39 is 59.9 Å². The molecule has 0 unspecified atom stereocenters. The number of hydrogen-bond acceptors (Lipinski definition) is 9. The first-order chi connectivity index (χ1) is 15.4. The van der Waals surface area contributed by atoms with Gasteiger partial charge >= 0.3 is 11.9 Å². The number of aliphatic hydroxyl groups is 2. The summed E-state index contributed by atoms with van der Waals surface area (Å²) >= 11 is 0. The summed E-state index contributed by atoms with van der Waals surface area (Å²) in [5.41, 5.74) is 5.91. The number of rotatable bonds is 10. The van der Waals surface area contributed by atoms with E-state index in [0.29, 0.717) is 5.56 Å². The first-order valence-electron chi connectivity index (χ1n) is 9.80. The van der Waals surface area contributed by atoms with Crippen molar-refractivity contribution in [2.75, 3.05) is 7.11 Å². The van der Waals surface area contributed by atoms with Crippen molar-refractivity contribution in [1.29, 1.82) is 0 Å². The van der Waals surface area contributed by atoms with Crippen molar-refractivity contribution < 1.29 is 44.0 Å². The van der Waals surface area contributed by atoms with Crippen LogP contribution in [-0.4, -0.2) is 82.4 Å². The van der Waals surface area contributed by atoms with E-state index in [4.69, 9.17) is 5.73 Å². The largest absolute Gasteiger partial charge is 0.508 e. The fourth-order valence-electron chi connectivity index (χ4n) is 2.70. The van der Waals surface area contributed by atoms with Gasteiger partial charge in [0, 0.05) is 6.42 Å². The number of aromatic hydroxyl groups is 1. The van der Waals surface area contributed by atoms with Gasteiger partial charge in [-0.3, -0.25) is 19.2 Å². The topological polar surface area (TPSA) is 217 Å². The molecule has 0 spiro atoms. The Bertz CT molecular complexity index is 871. The van der Waals surface area contributed by atoms with E-state index in [2.05, 4.69) is 15.4 Å². The number of hydrogen-bond donors (Lipinski definition) is 7. The molecule has 13 nitrogen and oxygen atoms in total. The average Bonchev–Trinajstić information content (AvgIpc) is 2.74. The van der Waals surface area contributed by atoms with Crippen LogP contribution in [0, 0.1) is 0 Å². The molecule has 1 aromatic carbocycles. The Balaban J connectivity index is 2.95. The number of aliphatic hydroxyl groups excluding tert-OH is 2. The summed E-state index contributed by atoms with van der Waals surface area (Å²) in [6.07, 6.45) is -2.97. The number of methoxy groups -OCH3 is 1. The van der Waals surface area contributed by atoms with Gasteiger partial charge in [0.2, 0.25) is 17.7 Å². The summed E-state index contributed by atoms with van der Waals surface area (Å²) in [6.45, 7) is 2.34. The highest BCUT2D eigenvalue weighted by Gasteiger charge is 2.34. The molecular weight excluding hydrogens is 440 g/mol. The molecule has 0 heterocycles. The number of phenolic OH excluding ortho intramolecular Hbond substituents is 1. The molecule has 1 rings (SSSR count). The van der Waals surface area contributed by atoms with Gasteiger partial charge < -0.3 is 41.7 Å². The number of amides is 4. The van der Waals surface area contributed by atoms with Crippen LogP contribution in [0.3, 0.4) is 0 Å². The number of carbonyl (C=O) groups is 5. The van der Waals surface area contributed by atoms with Crippen molar-refractivity contribution >= 4 is 29.6 Å². The maximum absolute atomic E-state index is 12.7. The zero-order valence-corrected chi connectivity index (χ0v) is 18.3. The lowest BCUT2D eigenvalue weighted by atomic mass is 10.0. The molecule has 0 saturated heterocycles. The summed E-state index contributed by atoms with van der Waals surface area (Å²) in [5, 5.41) is 35.6. The second kappa shape index (κ2) is 12.4. The van der Waals surface area contributed by atoms with E-state index >= 15 is 0 Å². The van der Waals surface area contributed by atoms with Crippen LogP contribution in [0.15, 0.2) is 24.3 Å². The molecular formula is C20H28N4O9. The van der Waals surface area contributed by atoms with Crippen molar-refractivity contribution in [2.24, 2.45) is 5.73 Å². The van der Waals surface area contributed by atoms with Gasteiger partial charge in [0.05, 0.1) is 19.3 Å². The van der Waals surface area contributed by atoms with E-state index in [1.165, 1.54) is 31.2 Å². The third kappa shape index (κ3) is 8.38. The smallest absolute Gasteiger partial charge is 0.396 e. The van der Waals surface area contributed by atoms with Gasteiger partial charge in [0.1, 0.15) is 23.9 Å². The first-order valence-corrected chi connectivity index (χ1v) is 9.80. The molecule has 13 heteroatoms. The lowest BCUT2D eigenvalue weighted by molar-refractivity contribution is -0.154. The minimum Gasteiger partial charge on any atom is -0.508 e. The predicted octanol–water partition coefficient (Wildman–Crippen LogP) is -3.19. The molecule has 0 bridgehead atoms. The molecule has 4 amide bonds. The molecule has 1 aromatic rings. The average molecular weight is 468 g/mol. The molecule has 5 atom stereocenters. The highest BCUT2D eigenvalue weighted by atomic mass is 16.5. The number of carbonyl (C=O) groups excluding carboxylic acids is 5. The van der Waals surface area contributed by atoms with E-state index in [9.17, 15) is 39.3 Å². The number of phenols is 1. The number of esters is 1. The molecule has 0 aromatic heterocycles. The highest BCUT2D eigenvalue weighted by molar-refractivity contribution is 6.32. The second-order valence-electron chi connectivity index (χ2n) is 7.24. The van der Waals surface area contributed by atoms with Crippen LogP contribution in [0.2, 0.25) is 0 Å². The fourth-order valence-corrected chi connectivity index (χ4v) is 2.70. The summed E-state index contributed by atoms with van der Waals surface area (Å²) in [5.74, 6) is -5.56. The number of nitrogens with two attached hydrogens (primary N) is 1. The van der Waals surface area contributed by atoms with Crippen LogP contribution in [0.5, 0.6) is 5.75 Å². The maximum atomic E-state index is 12.7. The van der Waals surface area contributed by atoms with Gasteiger partial charge in [0.15, 0.2) is 0 Å². The maximum Gasteiger partial charge on any atom is 0.396 e. The van der Waals surface area contributed by atoms with Crippen molar-refractivity contribution in [2.45, 2.75) is 50.6 Å². The number of benzene rings is 1. The highest BCUT2D eigenvalue weighted by Crippen LogP contribution is 2.11. The zero-order valence-electron chi connectivity index (χ0n) is 18.3. The predicted molar refractivity (Wildman–Crippen MR) is 112 cm³/mol. The lowest BCUT2D eigenvalue weighted by Crippen LogP contribution is -2.61. The summed E-state index contributed by atoms with van der Waals surface area (Å²) in [7, 11) is 0.945. The van der Waals surface area contributed by atoms with Crippen LogP contribution in [-0.2, 0) is 35.1 Å². The third-order valence-electron chi connectivity index (χ3n) is 4.52. The van der Waals surface area contributed by atoms with Crippen LogP contribution in [0.1, 0.15) is 19.4 Å². The second-order valence-corrected chi connectivity index (χ2v) is 7.24. The Labute approximate surface area is 189 Å². The number of nitrogens with one attached hydrogen (secondary N) is 3. The molecule has 8 N–H and O–H groups in total. The summed E-state index contributed by atoms with van der Waals surface area (Å²) < 4.78 is 4.23. The Hall–Kier alpha value is -3.71. The van der Waals surface area contributed by atoms with E-state index in [0.717, 1.165) is 14.0 Å². The van der Waals surface area contributed by atoms with Crippen LogP contribution in [0.4, 0.5) is 0 Å². The lowest BCUT2D eigenvalue weighted by Gasteiger charge is -2.27. The minimum atomic E-state index is -1.66. The Kier molecular flexibility index (Phi) is 10.2. The molecule has 33 heavy (non-hydrogen) atoms. The fraction of sp³-hybridized carbons (Fsp3) is 0.450. The summed E-state index contributed by atoms with van der Waals surface area (Å²) in [4.78, 5) is 60.0. The van der Waals surface area contributed by atoms with Crippen molar-refractivity contribution in [3.8, 4) is 5.75 Å². The minimum absolute atomic E-state index is 0.00208. The van der Waals surface area contributed by atoms with Gasteiger partial charge in [-0.2, -0.15) is 0 Å². The van der Waals surface area contributed by atoms with Gasteiger partial charge in [-0.05, 0) is 31.5 Å². The molecule has 0 fully saturated rings. The Morgan fingerprint density at radius 1 is 0.909 bits per heavy atom. The standard InChI is InChI=1S/C20H28N4O9/c1-9(25)14(23-18(30)15(10(2)26)24-19(31)20(32)33-3)17(29)22-13(16(21)28)8-11-4-6-12(27)7-5-11/h4-7,9-10,13-15,25-27H,8H2,1-3H3,(H2,21,28)(H,22,29)(H,23,30)(H,24,31)/t9-,10-,13-,14-,15+/m1/s1. The van der Waals surface area contributed by atoms with Gasteiger partial charge in [-0.1, -0.05) is 12.1 Å². The van der Waals surface area contributed by atoms with E-state index in [-0.39, 0.29) is 12.2 Å². The molecule has 182 valence electrons. The van der Waals surface area contributed by atoms with Gasteiger partial charge in [0.25, 0.3) is 0 Å². The van der Waals surface area contributed by atoms with Crippen molar-refractivity contribution in [1.82, 2.24) is 16.0 Å². The molecule has 0 aliphatic carbocycles. The summed E-state index contributed by atoms with van der Waals surface area (Å²) in [6, 6.07) is 1.32. The quantitative estimate of drug-likeness (QED) is 0.136. The van der Waals surface area contributed by atoms with Crippen molar-refractivity contribution in [3.63, 3.8) is 0 Å². The molecule has 0 aliphatic rings.